The first kappa shape index (κ1) is 17.7. The number of benzene rings is 1. The normalized spacial score (nSPS) is 10.9. The molecule has 4 heteroatoms. The second-order valence-electron chi connectivity index (χ2n) is 5.40. The van der Waals surface area contributed by atoms with Crippen molar-refractivity contribution in [3.63, 3.8) is 0 Å². The number of amides is 1. The topological polar surface area (TPSA) is 60.8 Å². The maximum atomic E-state index is 11.7. The summed E-state index contributed by atoms with van der Waals surface area (Å²) in [5, 5.41) is 17.5. The van der Waals surface area contributed by atoms with E-state index in [1.165, 1.54) is 0 Å². The molecule has 0 unspecified atom stereocenters. The van der Waals surface area contributed by atoms with Gasteiger partial charge in [-0.2, -0.15) is 0 Å². The maximum Gasteiger partial charge on any atom is 0.223 e. The Bertz CT molecular complexity index is 392. The van der Waals surface area contributed by atoms with Crippen molar-refractivity contribution in [1.29, 1.82) is 0 Å². The molecular formula is C17H27NO3. The van der Waals surface area contributed by atoms with E-state index in [-0.39, 0.29) is 5.91 Å². The van der Waals surface area contributed by atoms with Crippen LogP contribution in [0.5, 0.6) is 0 Å². The minimum atomic E-state index is -1.17. The largest absolute Gasteiger partial charge is 0.368 e. The summed E-state index contributed by atoms with van der Waals surface area (Å²) in [6.07, 6.45) is 5.52. The van der Waals surface area contributed by atoms with Crippen LogP contribution in [0.1, 0.15) is 51.9 Å². The van der Waals surface area contributed by atoms with E-state index in [4.69, 9.17) is 10.2 Å². The van der Waals surface area contributed by atoms with Gasteiger partial charge < -0.3 is 15.1 Å². The summed E-state index contributed by atoms with van der Waals surface area (Å²) < 4.78 is 0. The van der Waals surface area contributed by atoms with Crippen LogP contribution in [0.2, 0.25) is 0 Å². The van der Waals surface area contributed by atoms with Gasteiger partial charge in [0.05, 0.1) is 0 Å². The maximum absolute atomic E-state index is 11.7. The predicted molar refractivity (Wildman–Crippen MR) is 85.0 cm³/mol. The third-order valence-corrected chi connectivity index (χ3v) is 3.54. The number of rotatable bonds is 10. The van der Waals surface area contributed by atoms with E-state index in [0.717, 1.165) is 50.8 Å². The van der Waals surface area contributed by atoms with Gasteiger partial charge in [0.25, 0.3) is 0 Å². The van der Waals surface area contributed by atoms with E-state index in [1.807, 2.05) is 35.2 Å². The zero-order chi connectivity index (χ0) is 15.5. The molecule has 0 saturated carbocycles. The molecule has 118 valence electrons. The van der Waals surface area contributed by atoms with Crippen LogP contribution in [0.15, 0.2) is 30.3 Å². The summed E-state index contributed by atoms with van der Waals surface area (Å²) in [5.74, 6) is 0.0816. The second kappa shape index (κ2) is 10.4. The van der Waals surface area contributed by atoms with Crippen LogP contribution in [0.4, 0.5) is 5.69 Å². The lowest BCUT2D eigenvalue weighted by atomic mass is 10.1. The molecule has 1 rings (SSSR count). The molecule has 0 heterocycles. The van der Waals surface area contributed by atoms with Crippen LogP contribution in [-0.2, 0) is 4.79 Å². The Kier molecular flexibility index (Phi) is 8.71. The average Bonchev–Trinajstić information content (AvgIpc) is 2.46. The highest BCUT2D eigenvalue weighted by Gasteiger charge is 2.09. The monoisotopic (exact) mass is 293 g/mol. The van der Waals surface area contributed by atoms with Crippen molar-refractivity contribution in [2.24, 2.45) is 0 Å². The van der Waals surface area contributed by atoms with E-state index in [0.29, 0.717) is 6.42 Å². The molecule has 2 N–H and O–H groups in total. The molecule has 0 saturated heterocycles. The number of hydrogen-bond acceptors (Lipinski definition) is 3. The summed E-state index contributed by atoms with van der Waals surface area (Å²) in [4.78, 5) is 13.5. The molecular weight excluding hydrogens is 266 g/mol. The average molecular weight is 293 g/mol. The minimum Gasteiger partial charge on any atom is -0.368 e. The van der Waals surface area contributed by atoms with E-state index in [1.54, 1.807) is 6.92 Å². The van der Waals surface area contributed by atoms with Gasteiger partial charge in [-0.1, -0.05) is 43.9 Å². The Hall–Kier alpha value is -1.39. The molecule has 0 atom stereocenters. The van der Waals surface area contributed by atoms with Crippen LogP contribution < -0.4 is 4.90 Å². The lowest BCUT2D eigenvalue weighted by Gasteiger charge is -2.21. The van der Waals surface area contributed by atoms with E-state index >= 15 is 0 Å². The van der Waals surface area contributed by atoms with Crippen molar-refractivity contribution in [1.82, 2.24) is 0 Å². The van der Waals surface area contributed by atoms with Gasteiger partial charge in [-0.15, -0.1) is 0 Å². The molecule has 1 amide bonds. The lowest BCUT2D eigenvalue weighted by molar-refractivity contribution is -0.116. The molecule has 0 aliphatic heterocycles. The molecule has 1 aromatic carbocycles. The molecule has 0 aliphatic rings. The van der Waals surface area contributed by atoms with Crippen molar-refractivity contribution in [3.05, 3.63) is 30.3 Å². The standard InChI is InChI=1S/C17H27NO3/c1-15(19)18(16-11-7-6-8-12-16)14-10-5-3-2-4-9-13-17(20)21/h6-8,11-12,17,20-21H,2-5,9-10,13-14H2,1H3. The fourth-order valence-corrected chi connectivity index (χ4v) is 2.38. The van der Waals surface area contributed by atoms with Crippen LogP contribution in [0, 0.1) is 0 Å². The SMILES string of the molecule is CC(=O)N(CCCCCCCCC(O)O)c1ccccc1. The zero-order valence-electron chi connectivity index (χ0n) is 12.9. The van der Waals surface area contributed by atoms with Crippen molar-refractivity contribution in [2.75, 3.05) is 11.4 Å². The van der Waals surface area contributed by atoms with E-state index < -0.39 is 6.29 Å². The van der Waals surface area contributed by atoms with Gasteiger partial charge in [-0.25, -0.2) is 0 Å². The summed E-state index contributed by atoms with van der Waals surface area (Å²) in [6.45, 7) is 2.36. The van der Waals surface area contributed by atoms with E-state index in [9.17, 15) is 4.79 Å². The number of anilines is 1. The Labute approximate surface area is 127 Å². The molecule has 0 aliphatic carbocycles. The third-order valence-electron chi connectivity index (χ3n) is 3.54. The van der Waals surface area contributed by atoms with Gasteiger partial charge in [-0.05, 0) is 31.4 Å². The van der Waals surface area contributed by atoms with Gasteiger partial charge >= 0.3 is 0 Å². The summed E-state index contributed by atoms with van der Waals surface area (Å²) in [6, 6.07) is 9.76. The van der Waals surface area contributed by atoms with Crippen LogP contribution in [0.3, 0.4) is 0 Å². The highest BCUT2D eigenvalue weighted by atomic mass is 16.5. The summed E-state index contributed by atoms with van der Waals surface area (Å²) >= 11 is 0. The summed E-state index contributed by atoms with van der Waals surface area (Å²) in [5.41, 5.74) is 0.960. The van der Waals surface area contributed by atoms with Crippen molar-refractivity contribution >= 4 is 11.6 Å². The molecule has 21 heavy (non-hydrogen) atoms. The molecule has 0 bridgehead atoms. The Morgan fingerprint density at radius 3 is 2.14 bits per heavy atom. The quantitative estimate of drug-likeness (QED) is 0.515. The fraction of sp³-hybridized carbons (Fsp3) is 0.588. The van der Waals surface area contributed by atoms with Gasteiger partial charge in [0.2, 0.25) is 5.91 Å². The smallest absolute Gasteiger partial charge is 0.223 e. The minimum absolute atomic E-state index is 0.0816. The molecule has 0 fully saturated rings. The highest BCUT2D eigenvalue weighted by molar-refractivity contribution is 5.91. The van der Waals surface area contributed by atoms with Gasteiger partial charge in [0.1, 0.15) is 0 Å². The first-order valence-corrected chi connectivity index (χ1v) is 7.80. The molecule has 4 nitrogen and oxygen atoms in total. The van der Waals surface area contributed by atoms with Crippen molar-refractivity contribution in [2.45, 2.75) is 58.2 Å². The van der Waals surface area contributed by atoms with Gasteiger partial charge in [-0.3, -0.25) is 4.79 Å². The number of carbonyl (C=O) groups excluding carboxylic acids is 1. The Morgan fingerprint density at radius 2 is 1.57 bits per heavy atom. The zero-order valence-corrected chi connectivity index (χ0v) is 12.9. The fourth-order valence-electron chi connectivity index (χ4n) is 2.38. The second-order valence-corrected chi connectivity index (χ2v) is 5.40. The number of hydrogen-bond donors (Lipinski definition) is 2. The number of aliphatic hydroxyl groups is 2. The first-order valence-electron chi connectivity index (χ1n) is 7.80. The summed E-state index contributed by atoms with van der Waals surface area (Å²) in [7, 11) is 0. The van der Waals surface area contributed by atoms with Crippen LogP contribution >= 0.6 is 0 Å². The number of nitrogens with zero attached hydrogens (tertiary/aromatic N) is 1. The van der Waals surface area contributed by atoms with Crippen LogP contribution in [-0.4, -0.2) is 29.0 Å². The lowest BCUT2D eigenvalue weighted by Crippen LogP contribution is -2.29. The first-order chi connectivity index (χ1) is 10.1. The van der Waals surface area contributed by atoms with Gasteiger partial charge in [0.15, 0.2) is 6.29 Å². The number of para-hydroxylation sites is 1. The molecule has 1 aromatic rings. The Morgan fingerprint density at radius 1 is 1.00 bits per heavy atom. The molecule has 0 aromatic heterocycles. The Balaban J connectivity index is 2.16. The number of carbonyl (C=O) groups is 1. The highest BCUT2D eigenvalue weighted by Crippen LogP contribution is 2.15. The molecule has 0 radical (unpaired) electrons. The van der Waals surface area contributed by atoms with Crippen molar-refractivity contribution in [3.8, 4) is 0 Å². The van der Waals surface area contributed by atoms with Crippen molar-refractivity contribution < 1.29 is 15.0 Å². The third kappa shape index (κ3) is 7.83. The predicted octanol–water partition coefficient (Wildman–Crippen LogP) is 3.08. The number of aliphatic hydroxyl groups excluding tert-OH is 1. The van der Waals surface area contributed by atoms with Gasteiger partial charge in [0, 0.05) is 19.2 Å². The van der Waals surface area contributed by atoms with Crippen LogP contribution in [0.25, 0.3) is 0 Å². The van der Waals surface area contributed by atoms with E-state index in [2.05, 4.69) is 0 Å². The number of unbranched alkanes of at least 4 members (excludes halogenated alkanes) is 5. The molecule has 0 spiro atoms.